The van der Waals surface area contributed by atoms with Crippen LogP contribution in [0.25, 0.3) is 0 Å². The van der Waals surface area contributed by atoms with Crippen molar-refractivity contribution in [3.05, 3.63) is 23.8 Å². The van der Waals surface area contributed by atoms with Crippen LogP contribution in [0.3, 0.4) is 0 Å². The molecule has 116 valence electrons. The second-order valence-electron chi connectivity index (χ2n) is 5.12. The molecule has 6 heteroatoms. The molecule has 0 radical (unpaired) electrons. The lowest BCUT2D eigenvalue weighted by Crippen LogP contribution is -2.47. The number of piperazine rings is 1. The lowest BCUT2D eigenvalue weighted by atomic mass is 10.1. The molecule has 0 amide bonds. The molecule has 1 aliphatic heterocycles. The summed E-state index contributed by atoms with van der Waals surface area (Å²) >= 11 is 0. The fourth-order valence-corrected chi connectivity index (χ4v) is 2.52. The van der Waals surface area contributed by atoms with Gasteiger partial charge in [0.15, 0.2) is 0 Å². The number of nitrogens with zero attached hydrogens (tertiary/aromatic N) is 2. The fraction of sp³-hybridized carbons (Fsp3) is 0.533. The van der Waals surface area contributed by atoms with Gasteiger partial charge >= 0.3 is 5.97 Å². The minimum absolute atomic E-state index is 0.125. The van der Waals surface area contributed by atoms with Crippen molar-refractivity contribution in [2.45, 2.75) is 6.54 Å². The van der Waals surface area contributed by atoms with Crippen molar-refractivity contribution in [3.63, 3.8) is 0 Å². The van der Waals surface area contributed by atoms with Crippen molar-refractivity contribution in [2.75, 3.05) is 46.9 Å². The highest BCUT2D eigenvalue weighted by molar-refractivity contribution is 5.69. The largest absolute Gasteiger partial charge is 0.497 e. The average Bonchev–Trinajstić information content (AvgIpc) is 2.49. The smallest absolute Gasteiger partial charge is 0.317 e. The summed E-state index contributed by atoms with van der Waals surface area (Å²) in [5.74, 6) is 0.837. The number of rotatable bonds is 6. The summed E-state index contributed by atoms with van der Waals surface area (Å²) < 4.78 is 10.6. The molecule has 0 bridgehead atoms. The molecule has 0 spiro atoms. The number of carboxylic acids is 1. The number of carbonyl (C=O) groups is 1. The van der Waals surface area contributed by atoms with Crippen LogP contribution in [-0.2, 0) is 11.3 Å². The molecule has 2 rings (SSSR count). The summed E-state index contributed by atoms with van der Waals surface area (Å²) in [5, 5.41) is 8.80. The molecule has 1 aromatic carbocycles. The maximum atomic E-state index is 10.7. The summed E-state index contributed by atoms with van der Waals surface area (Å²) in [6.07, 6.45) is 0. The molecule has 1 heterocycles. The average molecular weight is 294 g/mol. The topological polar surface area (TPSA) is 62.2 Å². The van der Waals surface area contributed by atoms with E-state index in [1.54, 1.807) is 14.2 Å². The van der Waals surface area contributed by atoms with E-state index in [0.717, 1.165) is 49.8 Å². The van der Waals surface area contributed by atoms with Gasteiger partial charge in [-0.25, -0.2) is 0 Å². The molecule has 0 aromatic heterocycles. The standard InChI is InChI=1S/C15H22N2O4/c1-20-13-4-3-12(14(9-13)21-2)10-16-5-7-17(8-6-16)11-15(18)19/h3-4,9H,5-8,10-11H2,1-2H3,(H,18,19). The maximum Gasteiger partial charge on any atom is 0.317 e. The summed E-state index contributed by atoms with van der Waals surface area (Å²) in [6.45, 7) is 4.22. The molecular formula is C15H22N2O4. The Morgan fingerprint density at radius 3 is 2.38 bits per heavy atom. The van der Waals surface area contributed by atoms with Gasteiger partial charge in [0.05, 0.1) is 20.8 Å². The van der Waals surface area contributed by atoms with Gasteiger partial charge in [-0.2, -0.15) is 0 Å². The van der Waals surface area contributed by atoms with Crippen LogP contribution in [-0.4, -0.2) is 67.8 Å². The molecule has 0 saturated carbocycles. The molecule has 0 unspecified atom stereocenters. The van der Waals surface area contributed by atoms with Crippen LogP contribution in [0.1, 0.15) is 5.56 Å². The van der Waals surface area contributed by atoms with Gasteiger partial charge in [-0.3, -0.25) is 14.6 Å². The number of hydrogen-bond donors (Lipinski definition) is 1. The van der Waals surface area contributed by atoms with Gasteiger partial charge in [0.25, 0.3) is 0 Å². The van der Waals surface area contributed by atoms with E-state index in [0.29, 0.717) is 0 Å². The summed E-state index contributed by atoms with van der Waals surface area (Å²) in [6, 6.07) is 5.83. The van der Waals surface area contributed by atoms with Crippen molar-refractivity contribution < 1.29 is 19.4 Å². The summed E-state index contributed by atoms with van der Waals surface area (Å²) in [7, 11) is 3.29. The molecular weight excluding hydrogens is 272 g/mol. The number of carboxylic acid groups (broad SMARTS) is 1. The molecule has 1 N–H and O–H groups in total. The van der Waals surface area contributed by atoms with Gasteiger partial charge in [0.2, 0.25) is 0 Å². The van der Waals surface area contributed by atoms with Gasteiger partial charge in [-0.05, 0) is 6.07 Å². The number of aliphatic carboxylic acids is 1. The molecule has 1 aromatic rings. The van der Waals surface area contributed by atoms with E-state index in [1.165, 1.54) is 0 Å². The molecule has 1 aliphatic rings. The number of benzene rings is 1. The Kier molecular flexibility index (Phi) is 5.41. The lowest BCUT2D eigenvalue weighted by molar-refractivity contribution is -0.138. The zero-order valence-corrected chi connectivity index (χ0v) is 12.5. The van der Waals surface area contributed by atoms with Crippen molar-refractivity contribution in [3.8, 4) is 11.5 Å². The highest BCUT2D eigenvalue weighted by atomic mass is 16.5. The fourth-order valence-electron chi connectivity index (χ4n) is 2.52. The van der Waals surface area contributed by atoms with E-state index in [1.807, 2.05) is 23.1 Å². The predicted molar refractivity (Wildman–Crippen MR) is 78.9 cm³/mol. The Morgan fingerprint density at radius 1 is 1.14 bits per heavy atom. The number of ether oxygens (including phenoxy) is 2. The van der Waals surface area contributed by atoms with Crippen molar-refractivity contribution in [2.24, 2.45) is 0 Å². The minimum atomic E-state index is -0.764. The molecule has 1 fully saturated rings. The van der Waals surface area contributed by atoms with Crippen LogP contribution in [0.5, 0.6) is 11.5 Å². The molecule has 21 heavy (non-hydrogen) atoms. The van der Waals surface area contributed by atoms with E-state index in [4.69, 9.17) is 14.6 Å². The van der Waals surface area contributed by atoms with Gasteiger partial charge in [-0.15, -0.1) is 0 Å². The maximum absolute atomic E-state index is 10.7. The van der Waals surface area contributed by atoms with Crippen LogP contribution in [0.15, 0.2) is 18.2 Å². The van der Waals surface area contributed by atoms with Crippen LogP contribution in [0.4, 0.5) is 0 Å². The minimum Gasteiger partial charge on any atom is -0.497 e. The Bertz CT molecular complexity index is 485. The van der Waals surface area contributed by atoms with Gasteiger partial charge < -0.3 is 14.6 Å². The quantitative estimate of drug-likeness (QED) is 0.841. The Morgan fingerprint density at radius 2 is 1.81 bits per heavy atom. The highest BCUT2D eigenvalue weighted by Crippen LogP contribution is 2.26. The second kappa shape index (κ2) is 7.28. The monoisotopic (exact) mass is 294 g/mol. The molecule has 1 saturated heterocycles. The Labute approximate surface area is 124 Å². The first-order valence-corrected chi connectivity index (χ1v) is 6.99. The van der Waals surface area contributed by atoms with E-state index >= 15 is 0 Å². The van der Waals surface area contributed by atoms with Crippen molar-refractivity contribution in [1.82, 2.24) is 9.80 Å². The molecule has 0 aliphatic carbocycles. The third-order valence-electron chi connectivity index (χ3n) is 3.71. The third-order valence-corrected chi connectivity index (χ3v) is 3.71. The van der Waals surface area contributed by atoms with Crippen molar-refractivity contribution in [1.29, 1.82) is 0 Å². The first-order chi connectivity index (χ1) is 10.1. The van der Waals surface area contributed by atoms with Crippen molar-refractivity contribution >= 4 is 5.97 Å². The zero-order chi connectivity index (χ0) is 15.2. The Balaban J connectivity index is 1.92. The SMILES string of the molecule is COc1ccc(CN2CCN(CC(=O)O)CC2)c(OC)c1. The zero-order valence-electron chi connectivity index (χ0n) is 12.5. The number of methoxy groups -OCH3 is 2. The lowest BCUT2D eigenvalue weighted by Gasteiger charge is -2.34. The summed E-state index contributed by atoms with van der Waals surface area (Å²) in [5.41, 5.74) is 1.12. The van der Waals surface area contributed by atoms with E-state index in [2.05, 4.69) is 4.90 Å². The van der Waals surface area contributed by atoms with Gasteiger partial charge in [-0.1, -0.05) is 6.07 Å². The first-order valence-electron chi connectivity index (χ1n) is 6.99. The highest BCUT2D eigenvalue weighted by Gasteiger charge is 2.19. The van der Waals surface area contributed by atoms with E-state index in [-0.39, 0.29) is 6.54 Å². The van der Waals surface area contributed by atoms with Crippen LogP contribution in [0.2, 0.25) is 0 Å². The van der Waals surface area contributed by atoms with E-state index in [9.17, 15) is 4.79 Å². The summed E-state index contributed by atoms with van der Waals surface area (Å²) in [4.78, 5) is 15.0. The third kappa shape index (κ3) is 4.34. The predicted octanol–water partition coefficient (Wildman–Crippen LogP) is 0.906. The van der Waals surface area contributed by atoms with Crippen LogP contribution >= 0.6 is 0 Å². The first kappa shape index (κ1) is 15.6. The van der Waals surface area contributed by atoms with E-state index < -0.39 is 5.97 Å². The van der Waals surface area contributed by atoms with Crippen LogP contribution < -0.4 is 9.47 Å². The van der Waals surface area contributed by atoms with Crippen LogP contribution in [0, 0.1) is 0 Å². The Hall–Kier alpha value is -1.79. The molecule has 0 atom stereocenters. The second-order valence-corrected chi connectivity index (χ2v) is 5.12. The van der Waals surface area contributed by atoms with Gasteiger partial charge in [0, 0.05) is 44.4 Å². The normalized spacial score (nSPS) is 16.7. The number of hydrogen-bond acceptors (Lipinski definition) is 5. The molecule has 6 nitrogen and oxygen atoms in total. The van der Waals surface area contributed by atoms with Gasteiger partial charge in [0.1, 0.15) is 11.5 Å².